The number of hydrogen-bond donors (Lipinski definition) is 2. The molecule has 0 saturated carbocycles. The van der Waals surface area contributed by atoms with E-state index in [1.54, 1.807) is 6.07 Å². The zero-order chi connectivity index (χ0) is 21.0. The lowest BCUT2D eigenvalue weighted by Gasteiger charge is -2.19. The number of halogens is 2. The number of amides is 3. The first-order valence-corrected chi connectivity index (χ1v) is 9.71. The van der Waals surface area contributed by atoms with Crippen LogP contribution in [0.15, 0.2) is 53.0 Å². The Labute approximate surface area is 175 Å². The van der Waals surface area contributed by atoms with Crippen molar-refractivity contribution in [2.24, 2.45) is 5.92 Å². The minimum absolute atomic E-state index is 0.0463. The number of hydrazine groups is 1. The number of ether oxygens (including phenoxy) is 1. The number of benzene rings is 2. The SMILES string of the molecule is CC(Oc1ccc(F)cc1)C(=O)NNC(=O)C1CC(=O)N(c2ccccc2Br)C1. The lowest BCUT2D eigenvalue weighted by molar-refractivity contribution is -0.134. The average molecular weight is 464 g/mol. The largest absolute Gasteiger partial charge is 0.481 e. The van der Waals surface area contributed by atoms with Crippen LogP contribution >= 0.6 is 15.9 Å². The number of nitrogens with zero attached hydrogens (tertiary/aromatic N) is 1. The van der Waals surface area contributed by atoms with Crippen molar-refractivity contribution in [2.45, 2.75) is 19.4 Å². The third-order valence-electron chi connectivity index (χ3n) is 4.44. The lowest BCUT2D eigenvalue weighted by Crippen LogP contribution is -2.49. The molecule has 3 rings (SSSR count). The molecule has 152 valence electrons. The van der Waals surface area contributed by atoms with Crippen molar-refractivity contribution in [3.8, 4) is 5.75 Å². The highest BCUT2D eigenvalue weighted by atomic mass is 79.9. The van der Waals surface area contributed by atoms with Crippen LogP contribution in [0, 0.1) is 11.7 Å². The van der Waals surface area contributed by atoms with Crippen LogP contribution in [-0.2, 0) is 14.4 Å². The molecule has 2 aromatic rings. The van der Waals surface area contributed by atoms with Gasteiger partial charge in [-0.1, -0.05) is 12.1 Å². The normalized spacial score (nSPS) is 17.0. The van der Waals surface area contributed by atoms with Gasteiger partial charge in [0, 0.05) is 17.4 Å². The number of nitrogens with one attached hydrogen (secondary N) is 2. The molecule has 0 bridgehead atoms. The second kappa shape index (κ2) is 9.04. The monoisotopic (exact) mass is 463 g/mol. The van der Waals surface area contributed by atoms with Gasteiger partial charge in [-0.15, -0.1) is 0 Å². The number of para-hydroxylation sites is 1. The summed E-state index contributed by atoms with van der Waals surface area (Å²) in [6.07, 6.45) is -0.868. The van der Waals surface area contributed by atoms with Crippen molar-refractivity contribution in [3.63, 3.8) is 0 Å². The Bertz CT molecular complexity index is 922. The van der Waals surface area contributed by atoms with Gasteiger partial charge in [0.15, 0.2) is 6.10 Å². The van der Waals surface area contributed by atoms with E-state index in [9.17, 15) is 18.8 Å². The van der Waals surface area contributed by atoms with E-state index in [0.717, 1.165) is 4.47 Å². The molecule has 9 heteroatoms. The first-order valence-electron chi connectivity index (χ1n) is 8.92. The summed E-state index contributed by atoms with van der Waals surface area (Å²) in [6, 6.07) is 12.5. The fraction of sp³-hybridized carbons (Fsp3) is 0.250. The van der Waals surface area contributed by atoms with Crippen LogP contribution in [0.5, 0.6) is 5.75 Å². The van der Waals surface area contributed by atoms with E-state index in [1.165, 1.54) is 36.1 Å². The van der Waals surface area contributed by atoms with Crippen LogP contribution in [0.25, 0.3) is 0 Å². The van der Waals surface area contributed by atoms with E-state index in [0.29, 0.717) is 11.4 Å². The minimum atomic E-state index is -0.914. The van der Waals surface area contributed by atoms with Gasteiger partial charge in [-0.3, -0.25) is 25.2 Å². The van der Waals surface area contributed by atoms with Gasteiger partial charge in [0.1, 0.15) is 11.6 Å². The summed E-state index contributed by atoms with van der Waals surface area (Å²) in [5.74, 6) is -1.89. The molecule has 1 saturated heterocycles. The molecule has 1 aliphatic rings. The predicted octanol–water partition coefficient (Wildman–Crippen LogP) is 2.56. The number of rotatable bonds is 5. The van der Waals surface area contributed by atoms with E-state index in [-0.39, 0.29) is 18.9 Å². The number of anilines is 1. The maximum Gasteiger partial charge on any atom is 0.279 e. The van der Waals surface area contributed by atoms with Crippen LogP contribution in [-0.4, -0.2) is 30.4 Å². The summed E-state index contributed by atoms with van der Waals surface area (Å²) in [4.78, 5) is 38.3. The molecular weight excluding hydrogens is 445 g/mol. The van der Waals surface area contributed by atoms with Crippen molar-refractivity contribution in [1.82, 2.24) is 10.9 Å². The van der Waals surface area contributed by atoms with Crippen LogP contribution in [0.1, 0.15) is 13.3 Å². The molecule has 1 aliphatic heterocycles. The number of carbonyl (C=O) groups excluding carboxylic acids is 3. The van der Waals surface area contributed by atoms with Crippen LogP contribution < -0.4 is 20.5 Å². The summed E-state index contributed by atoms with van der Waals surface area (Å²) in [5.41, 5.74) is 5.33. The first kappa shape index (κ1) is 20.8. The standard InChI is InChI=1S/C20H19BrFN3O4/c1-12(29-15-8-6-14(22)7-9-15)19(27)23-24-20(28)13-10-18(26)25(11-13)17-5-3-2-4-16(17)21/h2-9,12-13H,10-11H2,1H3,(H,23,27)(H,24,28). The van der Waals surface area contributed by atoms with Gasteiger partial charge >= 0.3 is 0 Å². The molecule has 0 spiro atoms. The molecule has 7 nitrogen and oxygen atoms in total. The molecule has 1 heterocycles. The number of hydrogen-bond acceptors (Lipinski definition) is 4. The predicted molar refractivity (Wildman–Crippen MR) is 107 cm³/mol. The average Bonchev–Trinajstić information content (AvgIpc) is 3.09. The molecule has 1 fully saturated rings. The molecule has 2 atom stereocenters. The molecule has 0 aliphatic carbocycles. The fourth-order valence-electron chi connectivity index (χ4n) is 2.88. The second-order valence-electron chi connectivity index (χ2n) is 6.55. The first-order chi connectivity index (χ1) is 13.8. The summed E-state index contributed by atoms with van der Waals surface area (Å²) >= 11 is 3.40. The van der Waals surface area contributed by atoms with Crippen LogP contribution in [0.3, 0.4) is 0 Å². The quantitative estimate of drug-likeness (QED) is 0.667. The molecule has 29 heavy (non-hydrogen) atoms. The van der Waals surface area contributed by atoms with Crippen molar-refractivity contribution in [2.75, 3.05) is 11.4 Å². The highest BCUT2D eigenvalue weighted by Gasteiger charge is 2.36. The van der Waals surface area contributed by atoms with Crippen LogP contribution in [0.4, 0.5) is 10.1 Å². The summed E-state index contributed by atoms with van der Waals surface area (Å²) in [5, 5.41) is 0. The molecule has 0 radical (unpaired) electrons. The Hall–Kier alpha value is -2.94. The Morgan fingerprint density at radius 1 is 1.17 bits per heavy atom. The third-order valence-corrected chi connectivity index (χ3v) is 5.11. The van der Waals surface area contributed by atoms with Gasteiger partial charge in [0.2, 0.25) is 11.8 Å². The lowest BCUT2D eigenvalue weighted by atomic mass is 10.1. The van der Waals surface area contributed by atoms with E-state index in [2.05, 4.69) is 26.8 Å². The highest BCUT2D eigenvalue weighted by Crippen LogP contribution is 2.31. The Balaban J connectivity index is 1.51. The molecule has 3 amide bonds. The van der Waals surface area contributed by atoms with E-state index < -0.39 is 29.7 Å². The Morgan fingerprint density at radius 2 is 1.86 bits per heavy atom. The number of carbonyl (C=O) groups is 3. The minimum Gasteiger partial charge on any atom is -0.481 e. The second-order valence-corrected chi connectivity index (χ2v) is 7.40. The maximum absolute atomic E-state index is 12.9. The van der Waals surface area contributed by atoms with E-state index >= 15 is 0 Å². The molecule has 2 aromatic carbocycles. The smallest absolute Gasteiger partial charge is 0.279 e. The van der Waals surface area contributed by atoms with Gasteiger partial charge in [-0.05, 0) is 59.3 Å². The van der Waals surface area contributed by atoms with Crippen molar-refractivity contribution in [1.29, 1.82) is 0 Å². The topological polar surface area (TPSA) is 87.7 Å². The van der Waals surface area contributed by atoms with Crippen molar-refractivity contribution >= 4 is 39.3 Å². The van der Waals surface area contributed by atoms with E-state index in [1.807, 2.05) is 18.2 Å². The molecule has 0 aromatic heterocycles. The van der Waals surface area contributed by atoms with Gasteiger partial charge < -0.3 is 9.64 Å². The highest BCUT2D eigenvalue weighted by molar-refractivity contribution is 9.10. The summed E-state index contributed by atoms with van der Waals surface area (Å²) in [6.45, 7) is 1.71. The zero-order valence-electron chi connectivity index (χ0n) is 15.5. The van der Waals surface area contributed by atoms with Crippen LogP contribution in [0.2, 0.25) is 0 Å². The maximum atomic E-state index is 12.9. The fourth-order valence-corrected chi connectivity index (χ4v) is 3.38. The van der Waals surface area contributed by atoms with Crippen molar-refractivity contribution in [3.05, 3.63) is 58.8 Å². The Kier molecular flexibility index (Phi) is 6.48. The van der Waals surface area contributed by atoms with E-state index in [4.69, 9.17) is 4.74 Å². The summed E-state index contributed by atoms with van der Waals surface area (Å²) in [7, 11) is 0. The van der Waals surface area contributed by atoms with Gasteiger partial charge in [0.25, 0.3) is 5.91 Å². The summed E-state index contributed by atoms with van der Waals surface area (Å²) < 4.78 is 19.1. The third kappa shape index (κ3) is 5.11. The van der Waals surface area contributed by atoms with Gasteiger partial charge in [-0.25, -0.2) is 4.39 Å². The molecule has 2 unspecified atom stereocenters. The molecular formula is C20H19BrFN3O4. The van der Waals surface area contributed by atoms with Gasteiger partial charge in [-0.2, -0.15) is 0 Å². The van der Waals surface area contributed by atoms with Gasteiger partial charge in [0.05, 0.1) is 11.6 Å². The molecule has 2 N–H and O–H groups in total. The van der Waals surface area contributed by atoms with Crippen molar-refractivity contribution < 1.29 is 23.5 Å². The zero-order valence-corrected chi connectivity index (χ0v) is 17.1. The Morgan fingerprint density at radius 3 is 2.55 bits per heavy atom.